The average Bonchev–Trinajstić information content (AvgIpc) is 3.35. The first-order valence-electron chi connectivity index (χ1n) is 10.2. The second kappa shape index (κ2) is 10.5. The first-order chi connectivity index (χ1) is 13.7. The number of rotatable bonds is 9. The standard InChI is InChI=1S/C19H32N4O6/c1-11(2)9-13(18(27)23-8-4-6-15(23)19(28)29)21-17(26)14(10-24)22-16(25)12-5-3-7-20-12/h11-15,20,24H,3-10H2,1-2H3,(H,21,26)(H,22,25)(H,28,29). The third kappa shape index (κ3) is 6.14. The lowest BCUT2D eigenvalue weighted by molar-refractivity contribution is -0.149. The first kappa shape index (κ1) is 23.1. The molecule has 2 aliphatic heterocycles. The summed E-state index contributed by atoms with van der Waals surface area (Å²) in [5.74, 6) is -2.47. The summed E-state index contributed by atoms with van der Waals surface area (Å²) in [5.41, 5.74) is 0. The number of nitrogens with zero attached hydrogens (tertiary/aromatic N) is 1. The Bertz CT molecular complexity index is 620. The van der Waals surface area contributed by atoms with Crippen molar-refractivity contribution >= 4 is 23.7 Å². The van der Waals surface area contributed by atoms with Gasteiger partial charge in [0.25, 0.3) is 0 Å². The minimum absolute atomic E-state index is 0.0694. The van der Waals surface area contributed by atoms with Crippen molar-refractivity contribution in [3.8, 4) is 0 Å². The number of likely N-dealkylation sites (tertiary alicyclic amines) is 1. The SMILES string of the molecule is CC(C)CC(NC(=O)C(CO)NC(=O)C1CCCN1)C(=O)N1CCCC1C(=O)O. The lowest BCUT2D eigenvalue weighted by Crippen LogP contribution is -2.58. The third-order valence-electron chi connectivity index (χ3n) is 5.33. The maximum absolute atomic E-state index is 13.0. The topological polar surface area (TPSA) is 148 Å². The number of hydrogen-bond acceptors (Lipinski definition) is 6. The summed E-state index contributed by atoms with van der Waals surface area (Å²) in [6, 6.07) is -3.39. The number of amides is 3. The molecule has 29 heavy (non-hydrogen) atoms. The minimum Gasteiger partial charge on any atom is -0.480 e. The van der Waals surface area contributed by atoms with E-state index >= 15 is 0 Å². The highest BCUT2D eigenvalue weighted by molar-refractivity contribution is 5.94. The number of aliphatic carboxylic acids is 1. The molecule has 2 aliphatic rings. The smallest absolute Gasteiger partial charge is 0.326 e. The molecule has 0 spiro atoms. The second-order valence-electron chi connectivity index (χ2n) is 8.11. The Morgan fingerprint density at radius 2 is 1.83 bits per heavy atom. The van der Waals surface area contributed by atoms with E-state index < -0.39 is 48.6 Å². The van der Waals surface area contributed by atoms with Crippen LogP contribution in [-0.2, 0) is 19.2 Å². The molecule has 0 aliphatic carbocycles. The normalized spacial score (nSPS) is 23.7. The zero-order valence-corrected chi connectivity index (χ0v) is 17.0. The molecule has 164 valence electrons. The fourth-order valence-electron chi connectivity index (χ4n) is 3.83. The highest BCUT2D eigenvalue weighted by Gasteiger charge is 2.38. The Morgan fingerprint density at radius 3 is 2.38 bits per heavy atom. The fraction of sp³-hybridized carbons (Fsp3) is 0.789. The number of aliphatic hydroxyl groups is 1. The summed E-state index contributed by atoms with van der Waals surface area (Å²) in [6.45, 7) is 4.23. The van der Waals surface area contributed by atoms with Crippen molar-refractivity contribution in [2.24, 2.45) is 5.92 Å². The van der Waals surface area contributed by atoms with Crippen LogP contribution in [0.1, 0.15) is 46.0 Å². The van der Waals surface area contributed by atoms with Crippen molar-refractivity contribution in [2.75, 3.05) is 19.7 Å². The van der Waals surface area contributed by atoms with Gasteiger partial charge in [0.2, 0.25) is 17.7 Å². The van der Waals surface area contributed by atoms with Crippen molar-refractivity contribution in [1.29, 1.82) is 0 Å². The first-order valence-corrected chi connectivity index (χ1v) is 10.2. The largest absolute Gasteiger partial charge is 0.480 e. The molecule has 2 heterocycles. The summed E-state index contributed by atoms with van der Waals surface area (Å²) in [5, 5.41) is 27.1. The van der Waals surface area contributed by atoms with Gasteiger partial charge < -0.3 is 31.1 Å². The Labute approximate surface area is 170 Å². The Balaban J connectivity index is 2.04. The van der Waals surface area contributed by atoms with Crippen LogP contribution in [0, 0.1) is 5.92 Å². The molecule has 0 saturated carbocycles. The van der Waals surface area contributed by atoms with Crippen LogP contribution < -0.4 is 16.0 Å². The quantitative estimate of drug-likeness (QED) is 0.320. The molecule has 2 saturated heterocycles. The van der Waals surface area contributed by atoms with Gasteiger partial charge >= 0.3 is 5.97 Å². The highest BCUT2D eigenvalue weighted by atomic mass is 16.4. The zero-order chi connectivity index (χ0) is 21.6. The second-order valence-corrected chi connectivity index (χ2v) is 8.11. The summed E-state index contributed by atoms with van der Waals surface area (Å²) in [6.07, 6.45) is 2.82. The summed E-state index contributed by atoms with van der Waals surface area (Å²) >= 11 is 0. The van der Waals surface area contributed by atoms with Gasteiger partial charge in [-0.1, -0.05) is 13.8 Å². The van der Waals surface area contributed by atoms with Crippen LogP contribution >= 0.6 is 0 Å². The maximum atomic E-state index is 13.0. The molecular formula is C19H32N4O6. The average molecular weight is 412 g/mol. The zero-order valence-electron chi connectivity index (χ0n) is 17.0. The van der Waals surface area contributed by atoms with Gasteiger partial charge in [-0.3, -0.25) is 14.4 Å². The van der Waals surface area contributed by atoms with Gasteiger partial charge in [0.1, 0.15) is 18.1 Å². The van der Waals surface area contributed by atoms with Crippen molar-refractivity contribution in [2.45, 2.75) is 70.1 Å². The van der Waals surface area contributed by atoms with E-state index in [9.17, 15) is 29.4 Å². The van der Waals surface area contributed by atoms with E-state index in [0.29, 0.717) is 32.2 Å². The molecule has 4 atom stereocenters. The predicted molar refractivity (Wildman–Crippen MR) is 104 cm³/mol. The highest BCUT2D eigenvalue weighted by Crippen LogP contribution is 2.20. The molecular weight excluding hydrogens is 380 g/mol. The van der Waals surface area contributed by atoms with Gasteiger partial charge in [0, 0.05) is 6.54 Å². The predicted octanol–water partition coefficient (Wildman–Crippen LogP) is -1.18. The summed E-state index contributed by atoms with van der Waals surface area (Å²) in [4.78, 5) is 50.6. The Hall–Kier alpha value is -2.20. The molecule has 10 heteroatoms. The number of carboxylic acids is 1. The van der Waals surface area contributed by atoms with Crippen LogP contribution in [0.3, 0.4) is 0 Å². The van der Waals surface area contributed by atoms with Crippen LogP contribution in [0.5, 0.6) is 0 Å². The van der Waals surface area contributed by atoms with Crippen LogP contribution in [0.4, 0.5) is 0 Å². The van der Waals surface area contributed by atoms with Crippen LogP contribution in [-0.4, -0.2) is 82.7 Å². The van der Waals surface area contributed by atoms with Crippen LogP contribution in [0.25, 0.3) is 0 Å². The van der Waals surface area contributed by atoms with Crippen molar-refractivity contribution < 1.29 is 29.4 Å². The lowest BCUT2D eigenvalue weighted by atomic mass is 10.0. The molecule has 0 aromatic rings. The van der Waals surface area contributed by atoms with Gasteiger partial charge in [-0.25, -0.2) is 4.79 Å². The van der Waals surface area contributed by atoms with Gasteiger partial charge in [0.05, 0.1) is 12.6 Å². The Morgan fingerprint density at radius 1 is 1.10 bits per heavy atom. The van der Waals surface area contributed by atoms with E-state index in [0.717, 1.165) is 13.0 Å². The molecule has 5 N–H and O–H groups in total. The van der Waals surface area contributed by atoms with E-state index in [1.165, 1.54) is 4.90 Å². The number of nitrogens with one attached hydrogen (secondary N) is 3. The molecule has 10 nitrogen and oxygen atoms in total. The summed E-state index contributed by atoms with van der Waals surface area (Å²) in [7, 11) is 0. The molecule has 3 amide bonds. The monoisotopic (exact) mass is 412 g/mol. The number of carbonyl (C=O) groups excluding carboxylic acids is 3. The van der Waals surface area contributed by atoms with Gasteiger partial charge in [-0.2, -0.15) is 0 Å². The molecule has 0 radical (unpaired) electrons. The van der Waals surface area contributed by atoms with E-state index in [-0.39, 0.29) is 11.8 Å². The third-order valence-corrected chi connectivity index (χ3v) is 5.33. The van der Waals surface area contributed by atoms with Gasteiger partial charge in [0.15, 0.2) is 0 Å². The minimum atomic E-state index is -1.18. The molecule has 0 aromatic carbocycles. The van der Waals surface area contributed by atoms with Crippen molar-refractivity contribution in [3.63, 3.8) is 0 Å². The van der Waals surface area contributed by atoms with Gasteiger partial charge in [-0.05, 0) is 44.6 Å². The number of carbonyl (C=O) groups is 4. The van der Waals surface area contributed by atoms with E-state index in [1.807, 2.05) is 13.8 Å². The maximum Gasteiger partial charge on any atom is 0.326 e. The molecule has 0 bridgehead atoms. The van der Waals surface area contributed by atoms with E-state index in [1.54, 1.807) is 0 Å². The lowest BCUT2D eigenvalue weighted by Gasteiger charge is -2.29. The van der Waals surface area contributed by atoms with Crippen molar-refractivity contribution in [1.82, 2.24) is 20.9 Å². The molecule has 2 fully saturated rings. The van der Waals surface area contributed by atoms with Gasteiger partial charge in [-0.15, -0.1) is 0 Å². The Kier molecular flexibility index (Phi) is 8.39. The van der Waals surface area contributed by atoms with Crippen molar-refractivity contribution in [3.05, 3.63) is 0 Å². The molecule has 0 aromatic heterocycles. The fourth-order valence-corrected chi connectivity index (χ4v) is 3.83. The van der Waals surface area contributed by atoms with E-state index in [4.69, 9.17) is 0 Å². The number of carboxylic acid groups (broad SMARTS) is 1. The number of hydrogen-bond donors (Lipinski definition) is 5. The number of aliphatic hydroxyl groups excluding tert-OH is 1. The molecule has 4 unspecified atom stereocenters. The van der Waals surface area contributed by atoms with Crippen LogP contribution in [0.2, 0.25) is 0 Å². The molecule has 2 rings (SSSR count). The summed E-state index contributed by atoms with van der Waals surface area (Å²) < 4.78 is 0. The van der Waals surface area contributed by atoms with E-state index in [2.05, 4.69) is 16.0 Å². The van der Waals surface area contributed by atoms with Crippen LogP contribution in [0.15, 0.2) is 0 Å².